The van der Waals surface area contributed by atoms with E-state index in [1.165, 1.54) is 12.0 Å². The Morgan fingerprint density at radius 3 is 2.67 bits per heavy atom. The molecule has 0 aliphatic heterocycles. The third kappa shape index (κ3) is 6.22. The molecule has 2 N–H and O–H groups in total. The van der Waals surface area contributed by atoms with Crippen molar-refractivity contribution in [2.75, 3.05) is 27.3 Å². The number of methoxy groups -OCH3 is 1. The molecule has 1 rings (SSSR count). The maximum Gasteiger partial charge on any atom is 0.326 e. The van der Waals surface area contributed by atoms with E-state index in [0.717, 1.165) is 5.56 Å². The Hall–Kier alpha value is -2.15. The van der Waals surface area contributed by atoms with Gasteiger partial charge in [-0.15, -0.1) is 0 Å². The number of urea groups is 1. The number of likely N-dealkylation sites (N-methyl/N-ethyl adjacent to an activating group) is 1. The van der Waals surface area contributed by atoms with Crippen molar-refractivity contribution in [3.63, 3.8) is 0 Å². The highest BCUT2D eigenvalue weighted by Gasteiger charge is 2.21. The molecule has 21 heavy (non-hydrogen) atoms. The highest BCUT2D eigenvalue weighted by Crippen LogP contribution is 2.00. The van der Waals surface area contributed by atoms with E-state index in [9.17, 15) is 9.59 Å². The lowest BCUT2D eigenvalue weighted by Crippen LogP contribution is -2.47. The fourth-order valence-electron chi connectivity index (χ4n) is 1.70. The molecule has 0 fully saturated rings. The minimum absolute atomic E-state index is 0.232. The number of nitrogens with one attached hydrogen (secondary N) is 1. The highest BCUT2D eigenvalue weighted by atomic mass is 16.5. The molecule has 1 aromatic rings. The van der Waals surface area contributed by atoms with E-state index in [1.54, 1.807) is 19.4 Å². The van der Waals surface area contributed by atoms with Crippen LogP contribution in [0.4, 0.5) is 4.79 Å². The molecular weight excluding hydrogens is 274 g/mol. The van der Waals surface area contributed by atoms with Crippen LogP contribution in [0.25, 0.3) is 0 Å². The van der Waals surface area contributed by atoms with Gasteiger partial charge in [-0.05, 0) is 24.1 Å². The molecule has 0 bridgehead atoms. The summed E-state index contributed by atoms with van der Waals surface area (Å²) in [6.07, 6.45) is 4.30. The quantitative estimate of drug-likeness (QED) is 0.738. The molecule has 2 amide bonds. The zero-order valence-electron chi connectivity index (χ0n) is 12.3. The lowest BCUT2D eigenvalue weighted by Gasteiger charge is -2.21. The molecule has 0 aliphatic rings. The van der Waals surface area contributed by atoms with Crippen LogP contribution < -0.4 is 5.32 Å². The summed E-state index contributed by atoms with van der Waals surface area (Å²) in [5.41, 5.74) is 1.07. The predicted octanol–water partition coefficient (Wildman–Crippen LogP) is 0.755. The summed E-state index contributed by atoms with van der Waals surface area (Å²) in [7, 11) is 3.12. The van der Waals surface area contributed by atoms with Crippen LogP contribution in [0.2, 0.25) is 0 Å². The maximum absolute atomic E-state index is 11.9. The fraction of sp³-hybridized carbons (Fsp3) is 0.500. The Morgan fingerprint density at radius 2 is 2.10 bits per heavy atom. The Bertz CT molecular complexity index is 453. The molecule has 116 valence electrons. The van der Waals surface area contributed by atoms with Gasteiger partial charge in [0.05, 0.1) is 0 Å². The molecule has 0 saturated heterocycles. The van der Waals surface area contributed by atoms with Crippen molar-refractivity contribution in [2.24, 2.45) is 0 Å². The standard InChI is InChI=1S/C14H21N3O4/c1-17(9-5-11-3-7-15-8-4-11)14(20)16-12(13(18)19)6-10-21-2/h3-4,7-8,12H,5-6,9-10H2,1-2H3,(H,16,20)(H,18,19). The number of carboxylic acid groups (broad SMARTS) is 1. The Kier molecular flexibility index (Phi) is 7.17. The van der Waals surface area contributed by atoms with E-state index in [4.69, 9.17) is 9.84 Å². The first-order valence-corrected chi connectivity index (χ1v) is 6.67. The first-order valence-electron chi connectivity index (χ1n) is 6.67. The maximum atomic E-state index is 11.9. The van der Waals surface area contributed by atoms with Crippen LogP contribution in [0.3, 0.4) is 0 Å². The van der Waals surface area contributed by atoms with Crippen molar-refractivity contribution in [3.8, 4) is 0 Å². The molecule has 0 aromatic carbocycles. The third-order valence-corrected chi connectivity index (χ3v) is 3.04. The molecule has 1 unspecified atom stereocenters. The Labute approximate surface area is 123 Å². The van der Waals surface area contributed by atoms with Crippen LogP contribution in [0.5, 0.6) is 0 Å². The minimum atomic E-state index is -1.07. The normalized spacial score (nSPS) is 11.7. The van der Waals surface area contributed by atoms with Gasteiger partial charge in [0.1, 0.15) is 6.04 Å². The number of nitrogens with zero attached hydrogens (tertiary/aromatic N) is 2. The molecule has 0 saturated carbocycles. The molecule has 1 aromatic heterocycles. The monoisotopic (exact) mass is 295 g/mol. The average molecular weight is 295 g/mol. The molecule has 7 nitrogen and oxygen atoms in total. The molecular formula is C14H21N3O4. The smallest absolute Gasteiger partial charge is 0.326 e. The molecule has 0 aliphatic carbocycles. The number of carbonyl (C=O) groups excluding carboxylic acids is 1. The summed E-state index contributed by atoms with van der Waals surface area (Å²) < 4.78 is 4.84. The van der Waals surface area contributed by atoms with Crippen molar-refractivity contribution in [2.45, 2.75) is 18.9 Å². The molecule has 0 spiro atoms. The minimum Gasteiger partial charge on any atom is -0.480 e. The summed E-state index contributed by atoms with van der Waals surface area (Å²) >= 11 is 0. The van der Waals surface area contributed by atoms with Crippen LogP contribution in [0.1, 0.15) is 12.0 Å². The second-order valence-corrected chi connectivity index (χ2v) is 4.65. The van der Waals surface area contributed by atoms with Crippen LogP contribution in [-0.2, 0) is 16.0 Å². The van der Waals surface area contributed by atoms with Gasteiger partial charge < -0.3 is 20.1 Å². The van der Waals surface area contributed by atoms with E-state index < -0.39 is 18.0 Å². The fourth-order valence-corrected chi connectivity index (χ4v) is 1.70. The predicted molar refractivity (Wildman–Crippen MR) is 77.0 cm³/mol. The number of pyridine rings is 1. The molecule has 1 heterocycles. The van der Waals surface area contributed by atoms with Crippen LogP contribution in [-0.4, -0.2) is 60.3 Å². The lowest BCUT2D eigenvalue weighted by molar-refractivity contribution is -0.139. The van der Waals surface area contributed by atoms with E-state index in [1.807, 2.05) is 12.1 Å². The Morgan fingerprint density at radius 1 is 1.43 bits per heavy atom. The number of aliphatic carboxylic acids is 1. The summed E-state index contributed by atoms with van der Waals surface area (Å²) in [6, 6.07) is 2.41. The first kappa shape index (κ1) is 16.9. The topological polar surface area (TPSA) is 91.8 Å². The summed E-state index contributed by atoms with van der Waals surface area (Å²) in [6.45, 7) is 0.768. The Balaban J connectivity index is 2.43. The number of aromatic nitrogens is 1. The summed E-state index contributed by atoms with van der Waals surface area (Å²) in [4.78, 5) is 28.4. The second-order valence-electron chi connectivity index (χ2n) is 4.65. The van der Waals surface area contributed by atoms with E-state index in [0.29, 0.717) is 13.0 Å². The van der Waals surface area contributed by atoms with Crippen LogP contribution in [0, 0.1) is 0 Å². The summed E-state index contributed by atoms with van der Waals surface area (Å²) in [5, 5.41) is 11.5. The van der Waals surface area contributed by atoms with Crippen LogP contribution >= 0.6 is 0 Å². The van der Waals surface area contributed by atoms with Crippen LogP contribution in [0.15, 0.2) is 24.5 Å². The van der Waals surface area contributed by atoms with Gasteiger partial charge >= 0.3 is 12.0 Å². The largest absolute Gasteiger partial charge is 0.480 e. The van der Waals surface area contributed by atoms with Gasteiger partial charge in [-0.1, -0.05) is 0 Å². The van der Waals surface area contributed by atoms with E-state index in [-0.39, 0.29) is 13.0 Å². The highest BCUT2D eigenvalue weighted by molar-refractivity contribution is 5.82. The molecule has 7 heteroatoms. The second kappa shape index (κ2) is 8.91. The molecule has 1 atom stereocenters. The summed E-state index contributed by atoms with van der Waals surface area (Å²) in [5.74, 6) is -1.07. The van der Waals surface area contributed by atoms with Gasteiger partial charge in [-0.2, -0.15) is 0 Å². The number of ether oxygens (including phenoxy) is 1. The number of amides is 2. The van der Waals surface area contributed by atoms with Gasteiger partial charge in [0, 0.05) is 46.1 Å². The van der Waals surface area contributed by atoms with Crippen molar-refractivity contribution in [1.82, 2.24) is 15.2 Å². The number of hydrogen-bond donors (Lipinski definition) is 2. The molecule has 0 radical (unpaired) electrons. The third-order valence-electron chi connectivity index (χ3n) is 3.04. The van der Waals surface area contributed by atoms with Gasteiger partial charge in [0.15, 0.2) is 0 Å². The van der Waals surface area contributed by atoms with Crippen molar-refractivity contribution >= 4 is 12.0 Å². The van der Waals surface area contributed by atoms with Gasteiger partial charge in [-0.3, -0.25) is 4.98 Å². The number of carboxylic acids is 1. The zero-order chi connectivity index (χ0) is 15.7. The first-order chi connectivity index (χ1) is 10.0. The number of rotatable bonds is 8. The van der Waals surface area contributed by atoms with Crippen molar-refractivity contribution < 1.29 is 19.4 Å². The number of carbonyl (C=O) groups is 2. The average Bonchev–Trinajstić information content (AvgIpc) is 2.49. The van der Waals surface area contributed by atoms with Crippen molar-refractivity contribution in [3.05, 3.63) is 30.1 Å². The SMILES string of the molecule is COCCC(NC(=O)N(C)CCc1ccncc1)C(=O)O. The van der Waals surface area contributed by atoms with Gasteiger partial charge in [-0.25, -0.2) is 9.59 Å². The van der Waals surface area contributed by atoms with Gasteiger partial charge in [0.2, 0.25) is 0 Å². The number of hydrogen-bond acceptors (Lipinski definition) is 4. The van der Waals surface area contributed by atoms with E-state index >= 15 is 0 Å². The van der Waals surface area contributed by atoms with Crippen molar-refractivity contribution in [1.29, 1.82) is 0 Å². The lowest BCUT2D eigenvalue weighted by atomic mass is 10.2. The van der Waals surface area contributed by atoms with E-state index in [2.05, 4.69) is 10.3 Å². The van der Waals surface area contributed by atoms with Gasteiger partial charge in [0.25, 0.3) is 0 Å². The zero-order valence-corrected chi connectivity index (χ0v) is 12.3.